The molecule has 0 aliphatic heterocycles. The average molecular weight is 160 g/mol. The zero-order valence-electron chi connectivity index (χ0n) is 7.31. The zero-order valence-corrected chi connectivity index (χ0v) is 7.31. The molecule has 0 radical (unpaired) electrons. The van der Waals surface area contributed by atoms with Crippen LogP contribution in [-0.4, -0.2) is 5.78 Å². The summed E-state index contributed by atoms with van der Waals surface area (Å²) in [5.41, 5.74) is 0. The molecule has 1 atom stereocenters. The van der Waals surface area contributed by atoms with E-state index in [1.165, 1.54) is 19.3 Å². The molecule has 0 fully saturated rings. The van der Waals surface area contributed by atoms with E-state index in [9.17, 15) is 4.79 Å². The predicted molar refractivity (Wildman–Crippen MR) is 52.8 cm³/mol. The highest BCUT2D eigenvalue weighted by Gasteiger charge is 2.05. The minimum absolute atomic E-state index is 0. The van der Waals surface area contributed by atoms with Gasteiger partial charge in [0.25, 0.3) is 0 Å². The summed E-state index contributed by atoms with van der Waals surface area (Å²) in [6.07, 6.45) is 4.78. The number of carbonyl (C=O) groups is 1. The summed E-state index contributed by atoms with van der Waals surface area (Å²) < 4.78 is 0. The number of Topliss-reactive ketones (excluding diaryl/α,β-unsaturated/α-hetero) is 1. The number of ketones is 1. The second kappa shape index (κ2) is 7.77. The summed E-state index contributed by atoms with van der Waals surface area (Å²) in [7, 11) is 0. The maximum Gasteiger partial charge on any atom is 0.132 e. The van der Waals surface area contributed by atoms with Crippen LogP contribution in [0.1, 0.15) is 55.3 Å². The fourth-order valence-electron chi connectivity index (χ4n) is 0.904. The highest BCUT2D eigenvalue weighted by molar-refractivity contribution is 5.77. The smallest absolute Gasteiger partial charge is 0.132 e. The van der Waals surface area contributed by atoms with Crippen molar-refractivity contribution in [3.8, 4) is 0 Å². The Labute approximate surface area is 72.7 Å². The van der Waals surface area contributed by atoms with Gasteiger partial charge in [-0.1, -0.05) is 40.5 Å². The minimum Gasteiger partial charge on any atom is -0.300 e. The summed E-state index contributed by atoms with van der Waals surface area (Å²) in [6.45, 7) is 5.87. The lowest BCUT2D eigenvalue weighted by Crippen LogP contribution is -2.05. The van der Waals surface area contributed by atoms with Crippen molar-refractivity contribution < 1.29 is 6.22 Å². The van der Waals surface area contributed by atoms with Crippen LogP contribution in [-0.2, 0) is 4.79 Å². The summed E-state index contributed by atoms with van der Waals surface area (Å²) in [4.78, 5) is 10.7. The molecule has 1 heteroatoms. The molecular formula is C10H24O. The molecule has 0 unspecified atom stereocenters. The topological polar surface area (TPSA) is 17.1 Å². The minimum atomic E-state index is 0. The number of hydrogen-bond acceptors (Lipinski definition) is 1. The van der Waals surface area contributed by atoms with Crippen LogP contribution in [0.4, 0.5) is 0 Å². The molecule has 1 nitrogen and oxygen atoms in total. The Morgan fingerprint density at radius 1 is 1.45 bits per heavy atom. The maximum absolute atomic E-state index is 10.7. The van der Waals surface area contributed by atoms with Crippen LogP contribution in [0.25, 0.3) is 0 Å². The Morgan fingerprint density at radius 2 is 2.00 bits per heavy atom. The monoisotopic (exact) mass is 160 g/mol. The van der Waals surface area contributed by atoms with Gasteiger partial charge in [-0.25, -0.2) is 0 Å². The van der Waals surface area contributed by atoms with Gasteiger partial charge in [0.05, 0.1) is 0 Å². The van der Waals surface area contributed by atoms with Crippen molar-refractivity contribution in [3.63, 3.8) is 0 Å². The maximum atomic E-state index is 10.7. The molecule has 0 aromatic heterocycles. The van der Waals surface area contributed by atoms with Crippen LogP contribution in [0.15, 0.2) is 0 Å². The first-order chi connectivity index (χ1) is 4.68. The molecule has 70 valence electrons. The van der Waals surface area contributed by atoms with Crippen molar-refractivity contribution in [3.05, 3.63) is 0 Å². The molecule has 0 aromatic carbocycles. The number of unbranched alkanes of at least 4 members (excludes halogenated alkanes) is 2. The first-order valence-corrected chi connectivity index (χ1v) is 4.19. The van der Waals surface area contributed by atoms with Crippen molar-refractivity contribution in [1.82, 2.24) is 0 Å². The predicted octanol–water partition coefficient (Wildman–Crippen LogP) is 3.67. The van der Waals surface area contributed by atoms with Gasteiger partial charge in [0.15, 0.2) is 0 Å². The first-order valence-electron chi connectivity index (χ1n) is 4.19. The Morgan fingerprint density at radius 3 is 2.36 bits per heavy atom. The van der Waals surface area contributed by atoms with Gasteiger partial charge >= 0.3 is 0 Å². The average Bonchev–Trinajstić information content (AvgIpc) is 1.88. The molecule has 0 aromatic rings. The number of hydrogen-bond donors (Lipinski definition) is 0. The molecule has 0 rings (SSSR count). The highest BCUT2D eigenvalue weighted by atomic mass is 16.1. The van der Waals surface area contributed by atoms with Gasteiger partial charge in [0.1, 0.15) is 5.78 Å². The molecule has 0 N–H and O–H groups in total. The van der Waals surface area contributed by atoms with E-state index >= 15 is 0 Å². The van der Waals surface area contributed by atoms with E-state index in [0.29, 0.717) is 5.78 Å². The molecule has 0 bridgehead atoms. The molecule has 0 aliphatic rings. The van der Waals surface area contributed by atoms with Crippen LogP contribution in [0, 0.1) is 5.92 Å². The largest absolute Gasteiger partial charge is 0.300 e. The number of rotatable bonds is 5. The third-order valence-electron chi connectivity index (χ3n) is 1.93. The second-order valence-corrected chi connectivity index (χ2v) is 3.01. The summed E-state index contributed by atoms with van der Waals surface area (Å²) in [6, 6.07) is 0. The van der Waals surface area contributed by atoms with Gasteiger partial charge in [-0.05, 0) is 13.3 Å². The molecule has 0 heterocycles. The molecule has 11 heavy (non-hydrogen) atoms. The van der Waals surface area contributed by atoms with Gasteiger partial charge in [0, 0.05) is 7.34 Å². The van der Waals surface area contributed by atoms with E-state index in [2.05, 4.69) is 6.92 Å². The van der Waals surface area contributed by atoms with Gasteiger partial charge in [-0.15, -0.1) is 0 Å². The molecule has 0 spiro atoms. The Kier molecular flexibility index (Phi) is 9.38. The van der Waals surface area contributed by atoms with Crippen LogP contribution >= 0.6 is 0 Å². The quantitative estimate of drug-likeness (QED) is 0.561. The normalized spacial score (nSPS) is 11.9. The van der Waals surface area contributed by atoms with Crippen LogP contribution < -0.4 is 0 Å². The molecular weight excluding hydrogens is 136 g/mol. The Bertz CT molecular complexity index is 102. The van der Waals surface area contributed by atoms with Crippen LogP contribution in [0.5, 0.6) is 0 Å². The molecule has 0 amide bonds. The van der Waals surface area contributed by atoms with Crippen LogP contribution in [0.2, 0.25) is 0 Å². The lowest BCUT2D eigenvalue weighted by Gasteiger charge is -2.04. The van der Waals surface area contributed by atoms with E-state index in [-0.39, 0.29) is 14.8 Å². The van der Waals surface area contributed by atoms with E-state index in [0.717, 1.165) is 6.42 Å². The van der Waals surface area contributed by atoms with Gasteiger partial charge in [0.2, 0.25) is 0 Å². The van der Waals surface area contributed by atoms with Crippen molar-refractivity contribution in [2.75, 3.05) is 0 Å². The molecule has 0 aliphatic carbocycles. The van der Waals surface area contributed by atoms with E-state index < -0.39 is 0 Å². The van der Waals surface area contributed by atoms with Gasteiger partial charge in [-0.3, -0.25) is 4.79 Å². The van der Waals surface area contributed by atoms with Crippen LogP contribution in [0.3, 0.4) is 0 Å². The first kappa shape index (κ1) is 13.3. The SMILES string of the molecule is C.CCCCC[C@H](C)C(C)=O.[HH]. The van der Waals surface area contributed by atoms with Crippen molar-refractivity contribution in [2.45, 2.75) is 53.9 Å². The van der Waals surface area contributed by atoms with Crippen molar-refractivity contribution in [2.24, 2.45) is 5.92 Å². The summed E-state index contributed by atoms with van der Waals surface area (Å²) >= 11 is 0. The van der Waals surface area contributed by atoms with Gasteiger partial charge < -0.3 is 0 Å². The lowest BCUT2D eigenvalue weighted by molar-refractivity contribution is -0.120. The molecule has 0 saturated carbocycles. The summed E-state index contributed by atoms with van der Waals surface area (Å²) in [5.74, 6) is 0.614. The zero-order chi connectivity index (χ0) is 7.98. The summed E-state index contributed by atoms with van der Waals surface area (Å²) in [5, 5.41) is 0. The van der Waals surface area contributed by atoms with Crippen molar-refractivity contribution in [1.29, 1.82) is 0 Å². The Balaban J connectivity index is -0.000000405. The van der Waals surface area contributed by atoms with E-state index in [1.54, 1.807) is 6.92 Å². The van der Waals surface area contributed by atoms with Crippen molar-refractivity contribution >= 4 is 5.78 Å². The lowest BCUT2D eigenvalue weighted by atomic mass is 10.0. The Hall–Kier alpha value is -0.330. The fourth-order valence-corrected chi connectivity index (χ4v) is 0.904. The third kappa shape index (κ3) is 7.57. The second-order valence-electron chi connectivity index (χ2n) is 3.01. The standard InChI is InChI=1S/C9H18O.CH4.H2/c1-4-5-6-7-8(2)9(3)10;;/h8H,4-7H2,1-3H3;1H4;1H/t8-;;/m0../s1. The third-order valence-corrected chi connectivity index (χ3v) is 1.93. The van der Waals surface area contributed by atoms with E-state index in [1.807, 2.05) is 6.92 Å². The molecule has 0 saturated heterocycles. The highest BCUT2D eigenvalue weighted by Crippen LogP contribution is 2.09. The fraction of sp³-hybridized carbons (Fsp3) is 0.900. The van der Waals surface area contributed by atoms with Gasteiger partial charge in [-0.2, -0.15) is 0 Å². The number of carbonyl (C=O) groups excluding carboxylic acids is 1. The van der Waals surface area contributed by atoms with E-state index in [4.69, 9.17) is 0 Å².